The fraction of sp³-hybridized carbons (Fsp3) is 0.167. The van der Waals surface area contributed by atoms with Crippen LogP contribution in [0.5, 0.6) is 0 Å². The van der Waals surface area contributed by atoms with Gasteiger partial charge in [-0.3, -0.25) is 0 Å². The Labute approximate surface area is 122 Å². The summed E-state index contributed by atoms with van der Waals surface area (Å²) >= 11 is 0. The third-order valence-corrected chi connectivity index (χ3v) is 4.41. The van der Waals surface area contributed by atoms with E-state index in [9.17, 15) is 0 Å². The second-order valence-electron chi connectivity index (χ2n) is 5.62. The van der Waals surface area contributed by atoms with Crippen molar-refractivity contribution in [1.29, 1.82) is 0 Å². The van der Waals surface area contributed by atoms with Gasteiger partial charge in [0.05, 0.1) is 5.56 Å². The second kappa shape index (κ2) is 4.06. The molecular formula is C18H14NO2+. The first-order valence-electron chi connectivity index (χ1n) is 7.20. The van der Waals surface area contributed by atoms with Gasteiger partial charge in [-0.15, -0.1) is 0 Å². The highest BCUT2D eigenvalue weighted by atomic mass is 16.7. The molecule has 0 N–H and O–H groups in total. The van der Waals surface area contributed by atoms with Gasteiger partial charge in [-0.05, 0) is 23.1 Å². The molecule has 1 unspecified atom stereocenters. The lowest BCUT2D eigenvalue weighted by molar-refractivity contribution is -0.510. The molecule has 1 aliphatic heterocycles. The van der Waals surface area contributed by atoms with Gasteiger partial charge in [0.1, 0.15) is 11.9 Å². The van der Waals surface area contributed by atoms with Crippen LogP contribution >= 0.6 is 0 Å². The predicted molar refractivity (Wildman–Crippen MR) is 79.6 cm³/mol. The van der Waals surface area contributed by atoms with Crippen LogP contribution in [0, 0.1) is 0 Å². The van der Waals surface area contributed by atoms with E-state index in [0.717, 1.165) is 12.2 Å². The Morgan fingerprint density at radius 2 is 2.00 bits per heavy atom. The Hall–Kier alpha value is -2.39. The molecule has 0 bridgehead atoms. The maximum absolute atomic E-state index is 5.60. The van der Waals surface area contributed by atoms with E-state index in [1.807, 2.05) is 0 Å². The fourth-order valence-corrected chi connectivity index (χ4v) is 3.31. The molecule has 3 aromatic rings. The number of hydrogen-bond acceptors (Lipinski definition) is 2. The van der Waals surface area contributed by atoms with Crippen LogP contribution < -0.4 is 4.40 Å². The zero-order valence-electron chi connectivity index (χ0n) is 11.5. The first-order valence-corrected chi connectivity index (χ1v) is 7.20. The lowest BCUT2D eigenvalue weighted by Crippen LogP contribution is -2.25. The summed E-state index contributed by atoms with van der Waals surface area (Å²) in [5.74, 6) is 0.962. The molecule has 3 nitrogen and oxygen atoms in total. The van der Waals surface area contributed by atoms with Gasteiger partial charge in [0.25, 0.3) is 0 Å². The van der Waals surface area contributed by atoms with Gasteiger partial charge in [-0.1, -0.05) is 18.2 Å². The zero-order valence-corrected chi connectivity index (χ0v) is 11.5. The lowest BCUT2D eigenvalue weighted by Gasteiger charge is -2.16. The monoisotopic (exact) mass is 276 g/mol. The predicted octanol–water partition coefficient (Wildman–Crippen LogP) is 2.85. The van der Waals surface area contributed by atoms with Crippen LogP contribution in [0.4, 0.5) is 0 Å². The Kier molecular flexibility index (Phi) is 2.18. The minimum Gasteiger partial charge on any atom is -0.469 e. The standard InChI is InChI=1S/C18H14NO2/c1-2-4-14-10-19-6-5-13-8-17-18(21-11-20-17)9-15(13)16(19)7-12(14)3-1/h1-7,9-10,17H,8,11H2/q+1. The highest BCUT2D eigenvalue weighted by Crippen LogP contribution is 2.32. The molecule has 0 spiro atoms. The Bertz CT molecular complexity index is 914. The van der Waals surface area contributed by atoms with E-state index in [0.29, 0.717) is 6.79 Å². The highest BCUT2D eigenvalue weighted by Gasteiger charge is 2.30. The molecule has 1 aromatic carbocycles. The molecule has 2 aliphatic rings. The van der Waals surface area contributed by atoms with E-state index in [4.69, 9.17) is 9.47 Å². The minimum atomic E-state index is 0.0976. The van der Waals surface area contributed by atoms with Crippen molar-refractivity contribution in [3.63, 3.8) is 0 Å². The number of nitrogens with zero attached hydrogens (tertiary/aromatic N) is 1. The minimum absolute atomic E-state index is 0.0976. The molecule has 1 saturated heterocycles. The lowest BCUT2D eigenvalue weighted by atomic mass is 9.94. The number of benzene rings is 1. The Balaban J connectivity index is 1.84. The molecule has 3 heterocycles. The van der Waals surface area contributed by atoms with Crippen molar-refractivity contribution in [2.24, 2.45) is 0 Å². The molecule has 21 heavy (non-hydrogen) atoms. The molecule has 2 aromatic heterocycles. The van der Waals surface area contributed by atoms with Gasteiger partial charge in [-0.25, -0.2) is 0 Å². The summed E-state index contributed by atoms with van der Waals surface area (Å²) in [5, 5.41) is 2.51. The third-order valence-electron chi connectivity index (χ3n) is 4.41. The van der Waals surface area contributed by atoms with E-state index < -0.39 is 0 Å². The Morgan fingerprint density at radius 1 is 1.10 bits per heavy atom. The maximum atomic E-state index is 5.60. The Morgan fingerprint density at radius 3 is 2.95 bits per heavy atom. The van der Waals surface area contributed by atoms with Crippen molar-refractivity contribution in [3.05, 3.63) is 65.7 Å². The molecule has 0 amide bonds. The molecule has 102 valence electrons. The number of ether oxygens (including phenoxy) is 2. The van der Waals surface area contributed by atoms with Gasteiger partial charge in [0.15, 0.2) is 19.2 Å². The van der Waals surface area contributed by atoms with Crippen LogP contribution in [0.25, 0.3) is 22.4 Å². The van der Waals surface area contributed by atoms with Crippen molar-refractivity contribution >= 4 is 22.4 Å². The number of aromatic nitrogens is 1. The summed E-state index contributed by atoms with van der Waals surface area (Å²) in [6, 6.07) is 12.9. The fourth-order valence-electron chi connectivity index (χ4n) is 3.31. The number of fused-ring (bicyclic) bond motifs is 5. The average Bonchev–Trinajstić information content (AvgIpc) is 2.98. The second-order valence-corrected chi connectivity index (χ2v) is 5.62. The van der Waals surface area contributed by atoms with E-state index >= 15 is 0 Å². The quantitative estimate of drug-likeness (QED) is 0.465. The highest BCUT2D eigenvalue weighted by molar-refractivity contribution is 5.86. The van der Waals surface area contributed by atoms with Gasteiger partial charge in [-0.2, -0.15) is 4.40 Å². The van der Waals surface area contributed by atoms with Crippen molar-refractivity contribution < 1.29 is 13.9 Å². The van der Waals surface area contributed by atoms with Crippen molar-refractivity contribution in [1.82, 2.24) is 0 Å². The van der Waals surface area contributed by atoms with Crippen LogP contribution in [0.1, 0.15) is 11.1 Å². The van der Waals surface area contributed by atoms with E-state index in [1.165, 1.54) is 27.4 Å². The molecule has 1 fully saturated rings. The smallest absolute Gasteiger partial charge is 0.218 e. The van der Waals surface area contributed by atoms with E-state index in [2.05, 4.69) is 59.3 Å². The number of pyridine rings is 2. The first-order chi connectivity index (χ1) is 10.4. The van der Waals surface area contributed by atoms with E-state index in [1.54, 1.807) is 0 Å². The number of hydrogen-bond donors (Lipinski definition) is 0. The van der Waals surface area contributed by atoms with Crippen molar-refractivity contribution in [2.75, 3.05) is 6.79 Å². The third kappa shape index (κ3) is 1.61. The summed E-state index contributed by atoms with van der Waals surface area (Å²) in [5.41, 5.74) is 3.79. The zero-order chi connectivity index (χ0) is 13.8. The summed E-state index contributed by atoms with van der Waals surface area (Å²) in [6.07, 6.45) is 7.45. The van der Waals surface area contributed by atoms with Gasteiger partial charge < -0.3 is 9.47 Å². The van der Waals surface area contributed by atoms with Crippen molar-refractivity contribution in [2.45, 2.75) is 12.5 Å². The molecule has 0 radical (unpaired) electrons. The molecule has 3 heteroatoms. The summed E-state index contributed by atoms with van der Waals surface area (Å²) in [4.78, 5) is 0. The number of rotatable bonds is 0. The van der Waals surface area contributed by atoms with Gasteiger partial charge in [0.2, 0.25) is 5.52 Å². The topological polar surface area (TPSA) is 22.6 Å². The van der Waals surface area contributed by atoms with Crippen LogP contribution in [-0.2, 0) is 15.9 Å². The summed E-state index contributed by atoms with van der Waals surface area (Å²) in [7, 11) is 0. The summed E-state index contributed by atoms with van der Waals surface area (Å²) < 4.78 is 13.4. The molecular weight excluding hydrogens is 262 g/mol. The SMILES string of the molecule is C1=C2OCOC2Cc2cc[n+]3cc4ccccc4cc3c21. The van der Waals surface area contributed by atoms with Gasteiger partial charge >= 0.3 is 0 Å². The van der Waals surface area contributed by atoms with Crippen LogP contribution in [0.15, 0.2) is 54.6 Å². The largest absolute Gasteiger partial charge is 0.469 e. The normalized spacial score (nSPS) is 20.0. The van der Waals surface area contributed by atoms with Crippen molar-refractivity contribution in [3.8, 4) is 0 Å². The first kappa shape index (κ1) is 11.3. The molecule has 1 aliphatic carbocycles. The molecule has 1 atom stereocenters. The summed E-state index contributed by atoms with van der Waals surface area (Å²) in [6.45, 7) is 0.374. The molecule has 0 saturated carbocycles. The van der Waals surface area contributed by atoms with Crippen LogP contribution in [-0.4, -0.2) is 12.9 Å². The van der Waals surface area contributed by atoms with Crippen LogP contribution in [0.3, 0.4) is 0 Å². The maximum Gasteiger partial charge on any atom is 0.218 e. The van der Waals surface area contributed by atoms with E-state index in [-0.39, 0.29) is 6.10 Å². The average molecular weight is 276 g/mol. The van der Waals surface area contributed by atoms with Gasteiger partial charge in [0, 0.05) is 23.9 Å². The molecule has 5 rings (SSSR count). The van der Waals surface area contributed by atoms with Crippen LogP contribution in [0.2, 0.25) is 0 Å².